The van der Waals surface area contributed by atoms with Crippen molar-refractivity contribution < 1.29 is 9.53 Å². The molecule has 1 aromatic heterocycles. The van der Waals surface area contributed by atoms with E-state index in [1.165, 1.54) is 7.11 Å². The number of ether oxygens (including phenoxy) is 1. The SMILES string of the molecule is COC(=O)C(C)(C)c1cc(C)ccn1. The summed E-state index contributed by atoms with van der Waals surface area (Å²) in [5, 5.41) is 0. The van der Waals surface area contributed by atoms with E-state index in [9.17, 15) is 4.79 Å². The van der Waals surface area contributed by atoms with Crippen molar-refractivity contribution in [2.75, 3.05) is 7.11 Å². The first-order valence-corrected chi connectivity index (χ1v) is 4.50. The van der Waals surface area contributed by atoms with E-state index in [1.807, 2.05) is 19.1 Å². The van der Waals surface area contributed by atoms with E-state index in [0.29, 0.717) is 0 Å². The van der Waals surface area contributed by atoms with Gasteiger partial charge in [0.1, 0.15) is 5.41 Å². The van der Waals surface area contributed by atoms with Crippen molar-refractivity contribution in [3.8, 4) is 0 Å². The Morgan fingerprint density at radius 2 is 2.14 bits per heavy atom. The van der Waals surface area contributed by atoms with Gasteiger partial charge in [-0.05, 0) is 38.5 Å². The lowest BCUT2D eigenvalue weighted by atomic mass is 9.88. The van der Waals surface area contributed by atoms with Gasteiger partial charge in [-0.3, -0.25) is 9.78 Å². The van der Waals surface area contributed by atoms with Crippen molar-refractivity contribution in [1.82, 2.24) is 4.98 Å². The smallest absolute Gasteiger partial charge is 0.317 e. The molecule has 3 heteroatoms. The second-order valence-corrected chi connectivity index (χ2v) is 3.84. The van der Waals surface area contributed by atoms with Crippen LogP contribution in [0.1, 0.15) is 25.1 Å². The lowest BCUT2D eigenvalue weighted by Gasteiger charge is -2.20. The highest BCUT2D eigenvalue weighted by Gasteiger charge is 2.32. The van der Waals surface area contributed by atoms with Crippen molar-refractivity contribution in [3.05, 3.63) is 29.6 Å². The molecule has 14 heavy (non-hydrogen) atoms. The number of carbonyl (C=O) groups is 1. The molecule has 0 radical (unpaired) electrons. The van der Waals surface area contributed by atoms with Gasteiger partial charge in [-0.2, -0.15) is 0 Å². The molecule has 1 aromatic rings. The van der Waals surface area contributed by atoms with Gasteiger partial charge in [-0.15, -0.1) is 0 Å². The second-order valence-electron chi connectivity index (χ2n) is 3.84. The molecule has 0 amide bonds. The number of pyridine rings is 1. The Morgan fingerprint density at radius 3 is 2.64 bits per heavy atom. The molecule has 76 valence electrons. The Bertz CT molecular complexity index is 345. The molecule has 0 aliphatic rings. The van der Waals surface area contributed by atoms with Crippen LogP contribution in [0.2, 0.25) is 0 Å². The number of nitrogens with zero attached hydrogens (tertiary/aromatic N) is 1. The predicted molar refractivity (Wildman–Crippen MR) is 54.0 cm³/mol. The second kappa shape index (κ2) is 3.78. The van der Waals surface area contributed by atoms with E-state index in [1.54, 1.807) is 20.0 Å². The van der Waals surface area contributed by atoms with Crippen LogP contribution in [0, 0.1) is 6.92 Å². The summed E-state index contributed by atoms with van der Waals surface area (Å²) in [6, 6.07) is 3.80. The van der Waals surface area contributed by atoms with E-state index in [2.05, 4.69) is 4.98 Å². The first-order valence-electron chi connectivity index (χ1n) is 4.50. The molecule has 0 aliphatic carbocycles. The monoisotopic (exact) mass is 193 g/mol. The number of hydrogen-bond donors (Lipinski definition) is 0. The van der Waals surface area contributed by atoms with E-state index in [4.69, 9.17) is 4.74 Å². The van der Waals surface area contributed by atoms with Crippen LogP contribution in [0.5, 0.6) is 0 Å². The molecule has 0 aromatic carbocycles. The van der Waals surface area contributed by atoms with Crippen molar-refractivity contribution in [1.29, 1.82) is 0 Å². The van der Waals surface area contributed by atoms with Crippen LogP contribution in [0.15, 0.2) is 18.3 Å². The van der Waals surface area contributed by atoms with E-state index in [0.717, 1.165) is 11.3 Å². The fourth-order valence-electron chi connectivity index (χ4n) is 1.24. The Labute approximate surface area is 84.1 Å². The van der Waals surface area contributed by atoms with Crippen LogP contribution in [0.4, 0.5) is 0 Å². The minimum atomic E-state index is -0.680. The lowest BCUT2D eigenvalue weighted by molar-refractivity contribution is -0.146. The quantitative estimate of drug-likeness (QED) is 0.673. The highest BCUT2D eigenvalue weighted by Crippen LogP contribution is 2.22. The van der Waals surface area contributed by atoms with Gasteiger partial charge < -0.3 is 4.74 Å². The molecule has 0 bridgehead atoms. The maximum Gasteiger partial charge on any atom is 0.317 e. The minimum Gasteiger partial charge on any atom is -0.468 e. The average molecular weight is 193 g/mol. The van der Waals surface area contributed by atoms with Gasteiger partial charge in [-0.25, -0.2) is 0 Å². The lowest BCUT2D eigenvalue weighted by Crippen LogP contribution is -2.31. The summed E-state index contributed by atoms with van der Waals surface area (Å²) >= 11 is 0. The van der Waals surface area contributed by atoms with Crippen LogP contribution < -0.4 is 0 Å². The van der Waals surface area contributed by atoms with E-state index < -0.39 is 5.41 Å². The summed E-state index contributed by atoms with van der Waals surface area (Å²) < 4.78 is 4.73. The maximum atomic E-state index is 11.5. The van der Waals surface area contributed by atoms with Gasteiger partial charge >= 0.3 is 5.97 Å². The summed E-state index contributed by atoms with van der Waals surface area (Å²) in [6.07, 6.45) is 1.70. The molecule has 0 atom stereocenters. The van der Waals surface area contributed by atoms with Crippen LogP contribution in [0.25, 0.3) is 0 Å². The molecule has 0 unspecified atom stereocenters. The Kier molecular flexibility index (Phi) is 2.89. The predicted octanol–water partition coefficient (Wildman–Crippen LogP) is 1.84. The number of esters is 1. The number of methoxy groups -OCH3 is 1. The van der Waals surface area contributed by atoms with E-state index in [-0.39, 0.29) is 5.97 Å². The third-order valence-electron chi connectivity index (χ3n) is 2.25. The standard InChI is InChI=1S/C11H15NO2/c1-8-5-6-12-9(7-8)11(2,3)10(13)14-4/h5-7H,1-4H3. The van der Waals surface area contributed by atoms with Gasteiger partial charge in [0.2, 0.25) is 0 Å². The molecule has 1 heterocycles. The van der Waals surface area contributed by atoms with Crippen molar-refractivity contribution in [2.24, 2.45) is 0 Å². The molecule has 1 rings (SSSR count). The number of aryl methyl sites for hydroxylation is 1. The van der Waals surface area contributed by atoms with Crippen molar-refractivity contribution in [3.63, 3.8) is 0 Å². The molecule has 0 aliphatic heterocycles. The molecule has 3 nitrogen and oxygen atoms in total. The zero-order valence-electron chi connectivity index (χ0n) is 9.00. The molecule has 0 N–H and O–H groups in total. The number of rotatable bonds is 2. The fourth-order valence-corrected chi connectivity index (χ4v) is 1.24. The third kappa shape index (κ3) is 1.92. The summed E-state index contributed by atoms with van der Waals surface area (Å²) in [6.45, 7) is 5.58. The first kappa shape index (κ1) is 10.7. The summed E-state index contributed by atoms with van der Waals surface area (Å²) in [5.41, 5.74) is 1.15. The Morgan fingerprint density at radius 1 is 1.50 bits per heavy atom. The number of hydrogen-bond acceptors (Lipinski definition) is 3. The largest absolute Gasteiger partial charge is 0.468 e. The van der Waals surface area contributed by atoms with Crippen LogP contribution in [0.3, 0.4) is 0 Å². The average Bonchev–Trinajstić information content (AvgIpc) is 2.16. The Hall–Kier alpha value is -1.38. The van der Waals surface area contributed by atoms with Gasteiger partial charge in [-0.1, -0.05) is 0 Å². The first-order chi connectivity index (χ1) is 6.48. The Balaban J connectivity index is 3.09. The number of aromatic nitrogens is 1. The summed E-state index contributed by atoms with van der Waals surface area (Å²) in [7, 11) is 1.39. The van der Waals surface area contributed by atoms with Crippen molar-refractivity contribution in [2.45, 2.75) is 26.2 Å². The zero-order chi connectivity index (χ0) is 10.8. The summed E-state index contributed by atoms with van der Waals surface area (Å²) in [5.74, 6) is -0.268. The van der Waals surface area contributed by atoms with Crippen molar-refractivity contribution >= 4 is 5.97 Å². The molecule has 0 fully saturated rings. The molecular formula is C11H15NO2. The number of carbonyl (C=O) groups excluding carboxylic acids is 1. The van der Waals surface area contributed by atoms with Crippen LogP contribution in [-0.4, -0.2) is 18.1 Å². The van der Waals surface area contributed by atoms with Gasteiger partial charge in [0.05, 0.1) is 12.8 Å². The van der Waals surface area contributed by atoms with Gasteiger partial charge in [0.25, 0.3) is 0 Å². The van der Waals surface area contributed by atoms with Gasteiger partial charge in [0, 0.05) is 6.20 Å². The summed E-state index contributed by atoms with van der Waals surface area (Å²) in [4.78, 5) is 15.7. The molecular weight excluding hydrogens is 178 g/mol. The third-order valence-corrected chi connectivity index (χ3v) is 2.25. The topological polar surface area (TPSA) is 39.2 Å². The van der Waals surface area contributed by atoms with E-state index >= 15 is 0 Å². The maximum absolute atomic E-state index is 11.5. The van der Waals surface area contributed by atoms with Crippen LogP contribution in [-0.2, 0) is 14.9 Å². The normalized spacial score (nSPS) is 11.1. The van der Waals surface area contributed by atoms with Crippen LogP contribution >= 0.6 is 0 Å². The molecule has 0 saturated carbocycles. The molecule has 0 spiro atoms. The molecule has 0 saturated heterocycles. The minimum absolute atomic E-state index is 0.268. The highest BCUT2D eigenvalue weighted by molar-refractivity contribution is 5.81. The fraction of sp³-hybridized carbons (Fsp3) is 0.455. The van der Waals surface area contributed by atoms with Gasteiger partial charge in [0.15, 0.2) is 0 Å². The highest BCUT2D eigenvalue weighted by atomic mass is 16.5. The zero-order valence-corrected chi connectivity index (χ0v) is 9.00.